The van der Waals surface area contributed by atoms with Crippen molar-refractivity contribution >= 4 is 0 Å². The van der Waals surface area contributed by atoms with Crippen molar-refractivity contribution in [2.45, 2.75) is 50.0 Å². The van der Waals surface area contributed by atoms with E-state index in [0.29, 0.717) is 18.8 Å². The lowest BCUT2D eigenvalue weighted by Gasteiger charge is -2.43. The number of fused-ring (bicyclic) bond motifs is 1. The number of hydrogen-bond donors (Lipinski definition) is 1. The molecular weight excluding hydrogens is 306 g/mol. The fourth-order valence-corrected chi connectivity index (χ4v) is 4.31. The van der Waals surface area contributed by atoms with Gasteiger partial charge < -0.3 is 19.3 Å². The van der Waals surface area contributed by atoms with Gasteiger partial charge in [-0.1, -0.05) is 18.2 Å². The predicted octanol–water partition coefficient (Wildman–Crippen LogP) is 2.22. The Balaban J connectivity index is 1.75. The van der Waals surface area contributed by atoms with E-state index in [1.807, 2.05) is 32.4 Å². The first-order valence-electron chi connectivity index (χ1n) is 8.86. The topological polar surface area (TPSA) is 51.2 Å². The Morgan fingerprint density at radius 1 is 1.25 bits per heavy atom. The van der Waals surface area contributed by atoms with Crippen LogP contribution in [0.15, 0.2) is 24.3 Å². The van der Waals surface area contributed by atoms with Crippen LogP contribution in [0.25, 0.3) is 0 Å². The van der Waals surface area contributed by atoms with Gasteiger partial charge in [-0.3, -0.25) is 4.90 Å². The van der Waals surface area contributed by atoms with E-state index in [-0.39, 0.29) is 12.2 Å². The van der Waals surface area contributed by atoms with Crippen LogP contribution >= 0.6 is 0 Å². The van der Waals surface area contributed by atoms with Crippen LogP contribution in [0.2, 0.25) is 0 Å². The number of nitrogens with zero attached hydrogens (tertiary/aromatic N) is 1. The molecule has 5 heteroatoms. The quantitative estimate of drug-likeness (QED) is 0.828. The highest BCUT2D eigenvalue weighted by Gasteiger charge is 2.51. The second-order valence-electron chi connectivity index (χ2n) is 6.82. The minimum Gasteiger partial charge on any atom is -0.491 e. The predicted molar refractivity (Wildman–Crippen MR) is 92.2 cm³/mol. The van der Waals surface area contributed by atoms with E-state index in [9.17, 15) is 0 Å². The smallest absolute Gasteiger partial charge is 0.123 e. The van der Waals surface area contributed by atoms with Crippen molar-refractivity contribution < 1.29 is 19.3 Å². The summed E-state index contributed by atoms with van der Waals surface area (Å²) in [5.41, 5.74) is 1.13. The van der Waals surface area contributed by atoms with Gasteiger partial charge in [0.05, 0.1) is 18.3 Å². The minimum absolute atomic E-state index is 0.0307. The van der Waals surface area contributed by atoms with Crippen molar-refractivity contribution in [3.63, 3.8) is 0 Å². The van der Waals surface area contributed by atoms with Crippen LogP contribution in [-0.2, 0) is 16.0 Å². The van der Waals surface area contributed by atoms with E-state index in [0.717, 1.165) is 50.1 Å². The molecule has 1 aliphatic carbocycles. The Hall–Kier alpha value is -1.14. The van der Waals surface area contributed by atoms with Gasteiger partial charge in [0.15, 0.2) is 0 Å². The first kappa shape index (κ1) is 17.7. The molecule has 5 nitrogen and oxygen atoms in total. The van der Waals surface area contributed by atoms with Crippen LogP contribution in [0, 0.1) is 0 Å². The number of aliphatic hydroxyl groups excluding tert-OH is 1. The molecule has 3 atom stereocenters. The Labute approximate surface area is 144 Å². The third kappa shape index (κ3) is 3.45. The molecule has 0 spiro atoms. The lowest BCUT2D eigenvalue weighted by molar-refractivity contribution is -0.0947. The Kier molecular flexibility index (Phi) is 5.76. The number of methoxy groups -OCH3 is 2. The summed E-state index contributed by atoms with van der Waals surface area (Å²) in [6.45, 7) is 2.23. The molecule has 1 saturated heterocycles. The molecule has 1 N–H and O–H groups in total. The molecule has 1 aliphatic heterocycles. The maximum atomic E-state index is 9.01. The zero-order valence-electron chi connectivity index (χ0n) is 14.7. The standard InChI is InChI=1S/C19H29NO4/c1-22-16-7-8-19(23-2)9-10-20(18(19)13-16)14-15-5-3-4-6-17(15)24-12-11-21/h3-6,16,18,21H,7-14H2,1-2H3/t16-,18-,19+/m0/s1. The van der Waals surface area contributed by atoms with E-state index >= 15 is 0 Å². The van der Waals surface area contributed by atoms with Crippen molar-refractivity contribution in [3.8, 4) is 5.75 Å². The van der Waals surface area contributed by atoms with Crippen LogP contribution < -0.4 is 4.74 Å². The van der Waals surface area contributed by atoms with Gasteiger partial charge in [-0.05, 0) is 31.7 Å². The van der Waals surface area contributed by atoms with Gasteiger partial charge in [-0.2, -0.15) is 0 Å². The summed E-state index contributed by atoms with van der Waals surface area (Å²) in [7, 11) is 3.66. The van der Waals surface area contributed by atoms with E-state index in [1.54, 1.807) is 0 Å². The lowest BCUT2D eigenvalue weighted by Crippen LogP contribution is -2.51. The van der Waals surface area contributed by atoms with Crippen molar-refractivity contribution in [1.29, 1.82) is 0 Å². The molecule has 134 valence electrons. The third-order valence-corrected chi connectivity index (χ3v) is 5.68. The van der Waals surface area contributed by atoms with Gasteiger partial charge in [0.25, 0.3) is 0 Å². The van der Waals surface area contributed by atoms with E-state index in [2.05, 4.69) is 11.0 Å². The van der Waals surface area contributed by atoms with Gasteiger partial charge in [0.1, 0.15) is 12.4 Å². The number of likely N-dealkylation sites (tertiary alicyclic amines) is 1. The van der Waals surface area contributed by atoms with Crippen molar-refractivity contribution in [2.24, 2.45) is 0 Å². The number of benzene rings is 1. The Morgan fingerprint density at radius 2 is 2.08 bits per heavy atom. The highest BCUT2D eigenvalue weighted by Crippen LogP contribution is 2.43. The van der Waals surface area contributed by atoms with E-state index in [1.165, 1.54) is 0 Å². The molecule has 0 aromatic heterocycles. The van der Waals surface area contributed by atoms with Gasteiger partial charge in [0.2, 0.25) is 0 Å². The highest BCUT2D eigenvalue weighted by molar-refractivity contribution is 5.33. The van der Waals surface area contributed by atoms with Crippen LogP contribution in [0.3, 0.4) is 0 Å². The summed E-state index contributed by atoms with van der Waals surface area (Å²) in [5.74, 6) is 0.862. The number of para-hydroxylation sites is 1. The number of ether oxygens (including phenoxy) is 3. The molecule has 1 aromatic rings. The zero-order chi connectivity index (χ0) is 17.0. The monoisotopic (exact) mass is 335 g/mol. The molecule has 0 bridgehead atoms. The first-order valence-corrected chi connectivity index (χ1v) is 8.86. The molecule has 1 aromatic carbocycles. The second kappa shape index (κ2) is 7.83. The summed E-state index contributed by atoms with van der Waals surface area (Å²) in [6, 6.07) is 8.48. The molecule has 1 saturated carbocycles. The van der Waals surface area contributed by atoms with Crippen molar-refractivity contribution in [2.75, 3.05) is 34.0 Å². The molecule has 2 fully saturated rings. The van der Waals surface area contributed by atoms with Crippen LogP contribution in [0.4, 0.5) is 0 Å². The molecular formula is C19H29NO4. The summed E-state index contributed by atoms with van der Waals surface area (Å²) in [6.07, 6.45) is 4.55. The normalized spacial score (nSPS) is 30.3. The number of aliphatic hydroxyl groups is 1. The maximum Gasteiger partial charge on any atom is 0.123 e. The Morgan fingerprint density at radius 3 is 2.83 bits per heavy atom. The Bertz CT molecular complexity index is 538. The third-order valence-electron chi connectivity index (χ3n) is 5.68. The molecule has 0 radical (unpaired) electrons. The fraction of sp³-hybridized carbons (Fsp3) is 0.684. The number of hydrogen-bond acceptors (Lipinski definition) is 5. The van der Waals surface area contributed by atoms with Gasteiger partial charge in [-0.25, -0.2) is 0 Å². The van der Waals surface area contributed by atoms with Crippen molar-refractivity contribution in [1.82, 2.24) is 4.90 Å². The first-order chi connectivity index (χ1) is 11.7. The maximum absolute atomic E-state index is 9.01. The van der Waals surface area contributed by atoms with E-state index in [4.69, 9.17) is 19.3 Å². The average Bonchev–Trinajstić information content (AvgIpc) is 2.99. The molecule has 0 unspecified atom stereocenters. The van der Waals surface area contributed by atoms with Gasteiger partial charge in [-0.15, -0.1) is 0 Å². The highest BCUT2D eigenvalue weighted by atomic mass is 16.5. The summed E-state index contributed by atoms with van der Waals surface area (Å²) in [5, 5.41) is 9.01. The van der Waals surface area contributed by atoms with Crippen molar-refractivity contribution in [3.05, 3.63) is 29.8 Å². The van der Waals surface area contributed by atoms with Crippen LogP contribution in [0.5, 0.6) is 5.75 Å². The van der Waals surface area contributed by atoms with Crippen LogP contribution in [-0.4, -0.2) is 61.7 Å². The average molecular weight is 335 g/mol. The molecule has 2 aliphatic rings. The lowest BCUT2D eigenvalue weighted by atomic mass is 9.79. The number of rotatable bonds is 7. The largest absolute Gasteiger partial charge is 0.491 e. The summed E-state index contributed by atoms with van der Waals surface area (Å²) >= 11 is 0. The summed E-state index contributed by atoms with van der Waals surface area (Å²) < 4.78 is 17.3. The molecule has 0 amide bonds. The van der Waals surface area contributed by atoms with Gasteiger partial charge >= 0.3 is 0 Å². The fourth-order valence-electron chi connectivity index (χ4n) is 4.31. The molecule has 3 rings (SSSR count). The van der Waals surface area contributed by atoms with Crippen LogP contribution in [0.1, 0.15) is 31.2 Å². The van der Waals surface area contributed by atoms with Gasteiger partial charge in [0, 0.05) is 38.9 Å². The minimum atomic E-state index is -0.0318. The second-order valence-corrected chi connectivity index (χ2v) is 6.82. The summed E-state index contributed by atoms with van der Waals surface area (Å²) in [4.78, 5) is 2.51. The zero-order valence-corrected chi connectivity index (χ0v) is 14.7. The van der Waals surface area contributed by atoms with E-state index < -0.39 is 0 Å². The molecule has 24 heavy (non-hydrogen) atoms. The SMILES string of the molecule is CO[C@H]1CC[C@@]2(OC)CCN(Cc3ccccc3OCCO)[C@H]2C1. The molecule has 1 heterocycles.